The van der Waals surface area contributed by atoms with Crippen LogP contribution in [0.2, 0.25) is 0 Å². The third kappa shape index (κ3) is 4.25. The summed E-state index contributed by atoms with van der Waals surface area (Å²) >= 11 is 1.93. The number of fused-ring (bicyclic) bond motifs is 13. The molecular formula is C54H39NS. The molecule has 0 aliphatic heterocycles. The zero-order valence-electron chi connectivity index (χ0n) is 31.9. The van der Waals surface area contributed by atoms with Crippen molar-refractivity contribution in [3.8, 4) is 50.2 Å². The first-order valence-corrected chi connectivity index (χ1v) is 20.6. The average molecular weight is 734 g/mol. The highest BCUT2D eigenvalue weighted by atomic mass is 32.1. The Kier molecular flexibility index (Phi) is 6.40. The average Bonchev–Trinajstić information content (AvgIpc) is 3.91. The predicted octanol–water partition coefficient (Wildman–Crippen LogP) is 15.1. The highest BCUT2D eigenvalue weighted by molar-refractivity contribution is 7.26. The van der Waals surface area contributed by atoms with E-state index in [2.05, 4.69) is 196 Å². The van der Waals surface area contributed by atoms with Gasteiger partial charge in [0.15, 0.2) is 0 Å². The van der Waals surface area contributed by atoms with Crippen molar-refractivity contribution < 1.29 is 0 Å². The predicted molar refractivity (Wildman–Crippen MR) is 240 cm³/mol. The van der Waals surface area contributed by atoms with E-state index in [9.17, 15) is 0 Å². The molecule has 1 nitrogen and oxygen atoms in total. The number of benzene rings is 8. The van der Waals surface area contributed by atoms with Gasteiger partial charge >= 0.3 is 0 Å². The maximum atomic E-state index is 2.50. The molecule has 2 heteroatoms. The number of aromatic nitrogens is 1. The normalized spacial score (nSPS) is 14.7. The van der Waals surface area contributed by atoms with E-state index in [4.69, 9.17) is 0 Å². The van der Waals surface area contributed by atoms with Gasteiger partial charge in [0, 0.05) is 53.0 Å². The van der Waals surface area contributed by atoms with Gasteiger partial charge in [-0.15, -0.1) is 11.3 Å². The summed E-state index contributed by atoms with van der Waals surface area (Å²) in [6.45, 7) is 9.54. The van der Waals surface area contributed by atoms with Crippen LogP contribution in [-0.2, 0) is 10.8 Å². The SMILES string of the molecule is CC1(C)c2ccccc2-c2ccc(-c3ccc4c(c3)c3cc(-c5ccccc5)ccc3n4-c3ccc4c(c3)C(C)(C)c3ccc5c(sc6ccccc65)c3-4)cc21. The molecule has 2 aliphatic rings. The van der Waals surface area contributed by atoms with Crippen LogP contribution >= 0.6 is 11.3 Å². The van der Waals surface area contributed by atoms with Crippen LogP contribution in [0.4, 0.5) is 0 Å². The number of rotatable bonds is 3. The Balaban J connectivity index is 1.06. The van der Waals surface area contributed by atoms with Crippen molar-refractivity contribution in [3.63, 3.8) is 0 Å². The molecule has 0 N–H and O–H groups in total. The van der Waals surface area contributed by atoms with Gasteiger partial charge in [-0.1, -0.05) is 143 Å². The van der Waals surface area contributed by atoms with E-state index in [0.717, 1.165) is 0 Å². The van der Waals surface area contributed by atoms with Crippen LogP contribution in [0.5, 0.6) is 0 Å². The van der Waals surface area contributed by atoms with Crippen molar-refractivity contribution in [2.24, 2.45) is 0 Å². The molecule has 266 valence electrons. The van der Waals surface area contributed by atoms with Gasteiger partial charge in [0.2, 0.25) is 0 Å². The van der Waals surface area contributed by atoms with Gasteiger partial charge in [-0.25, -0.2) is 0 Å². The van der Waals surface area contributed by atoms with Gasteiger partial charge in [0.05, 0.1) is 11.0 Å². The Morgan fingerprint density at radius 1 is 0.393 bits per heavy atom. The first kappa shape index (κ1) is 32.1. The van der Waals surface area contributed by atoms with Crippen molar-refractivity contribution in [1.82, 2.24) is 4.57 Å². The minimum atomic E-state index is -0.127. The lowest BCUT2D eigenvalue weighted by molar-refractivity contribution is 0.660. The standard InChI is InChI=1S/C54H39NS/c1-53(2)44-16-10-8-14-37(44)38-22-18-35(30-46(38)53)34-20-27-49-43(29-34)42-28-33(32-12-6-5-7-13-32)19-26-48(42)55(49)36-21-23-41-47(31-36)54(3,4)45-25-24-40-39-15-9-11-17-50(39)56-52(40)51(41)45/h5-31H,1-4H3. The number of hydrogen-bond acceptors (Lipinski definition) is 1. The number of thiophene rings is 1. The van der Waals surface area contributed by atoms with Crippen molar-refractivity contribution in [2.75, 3.05) is 0 Å². The smallest absolute Gasteiger partial charge is 0.0541 e. The molecule has 0 saturated heterocycles. The molecule has 56 heavy (non-hydrogen) atoms. The van der Waals surface area contributed by atoms with E-state index in [1.54, 1.807) is 0 Å². The first-order valence-electron chi connectivity index (χ1n) is 19.8. The molecular weight excluding hydrogens is 695 g/mol. The quantitative estimate of drug-likeness (QED) is 0.170. The van der Waals surface area contributed by atoms with E-state index in [0.29, 0.717) is 0 Å². The van der Waals surface area contributed by atoms with Crippen LogP contribution in [0, 0.1) is 0 Å². The fourth-order valence-electron chi connectivity index (χ4n) is 10.3. The summed E-state index contributed by atoms with van der Waals surface area (Å²) in [7, 11) is 0. The summed E-state index contributed by atoms with van der Waals surface area (Å²) in [6, 6.07) is 61.8. The van der Waals surface area contributed by atoms with Gasteiger partial charge in [-0.3, -0.25) is 0 Å². The molecule has 0 unspecified atom stereocenters. The second kappa shape index (κ2) is 11.2. The summed E-state index contributed by atoms with van der Waals surface area (Å²) in [4.78, 5) is 0. The molecule has 8 aromatic carbocycles. The van der Waals surface area contributed by atoms with E-state index in [1.165, 1.54) is 114 Å². The minimum Gasteiger partial charge on any atom is -0.309 e. The Hall–Kier alpha value is -6.22. The summed E-state index contributed by atoms with van der Waals surface area (Å²) < 4.78 is 5.26. The molecule has 0 radical (unpaired) electrons. The van der Waals surface area contributed by atoms with Crippen LogP contribution in [0.25, 0.3) is 92.2 Å². The maximum absolute atomic E-state index is 2.50. The zero-order valence-corrected chi connectivity index (χ0v) is 32.8. The monoisotopic (exact) mass is 733 g/mol. The van der Waals surface area contributed by atoms with Crippen LogP contribution in [-0.4, -0.2) is 4.57 Å². The van der Waals surface area contributed by atoms with Crippen molar-refractivity contribution in [3.05, 3.63) is 186 Å². The molecule has 2 aliphatic carbocycles. The third-order valence-corrected chi connectivity index (χ3v) is 14.4. The molecule has 0 saturated carbocycles. The Morgan fingerprint density at radius 2 is 1.00 bits per heavy atom. The van der Waals surface area contributed by atoms with Crippen LogP contribution in [0.3, 0.4) is 0 Å². The second-order valence-electron chi connectivity index (χ2n) is 16.9. The summed E-state index contributed by atoms with van der Waals surface area (Å²) in [5.41, 5.74) is 19.6. The van der Waals surface area contributed by atoms with E-state index < -0.39 is 0 Å². The zero-order chi connectivity index (χ0) is 37.5. The third-order valence-electron chi connectivity index (χ3n) is 13.2. The van der Waals surface area contributed by atoms with Gasteiger partial charge in [0.1, 0.15) is 0 Å². The molecule has 2 heterocycles. The Morgan fingerprint density at radius 3 is 1.80 bits per heavy atom. The fourth-order valence-corrected chi connectivity index (χ4v) is 11.6. The fraction of sp³-hybridized carbons (Fsp3) is 0.111. The lowest BCUT2D eigenvalue weighted by Crippen LogP contribution is -2.15. The summed E-state index contributed by atoms with van der Waals surface area (Å²) in [5, 5.41) is 5.26. The topological polar surface area (TPSA) is 4.93 Å². The molecule has 0 fully saturated rings. The van der Waals surface area contributed by atoms with Gasteiger partial charge in [-0.2, -0.15) is 0 Å². The first-order chi connectivity index (χ1) is 27.3. The van der Waals surface area contributed by atoms with Crippen molar-refractivity contribution >= 4 is 53.3 Å². The van der Waals surface area contributed by atoms with Crippen LogP contribution < -0.4 is 0 Å². The van der Waals surface area contributed by atoms with Crippen molar-refractivity contribution in [1.29, 1.82) is 0 Å². The minimum absolute atomic E-state index is 0.0452. The molecule has 12 rings (SSSR count). The molecule has 0 atom stereocenters. The Labute approximate surface area is 331 Å². The second-order valence-corrected chi connectivity index (χ2v) is 18.0. The van der Waals surface area contributed by atoms with E-state index in [1.807, 2.05) is 11.3 Å². The number of nitrogens with zero attached hydrogens (tertiary/aromatic N) is 1. The van der Waals surface area contributed by atoms with E-state index in [-0.39, 0.29) is 10.8 Å². The summed E-state index contributed by atoms with van der Waals surface area (Å²) in [6.07, 6.45) is 0. The van der Waals surface area contributed by atoms with Gasteiger partial charge in [0.25, 0.3) is 0 Å². The Bertz CT molecular complexity index is 3300. The largest absolute Gasteiger partial charge is 0.309 e. The van der Waals surface area contributed by atoms with Gasteiger partial charge < -0.3 is 4.57 Å². The lowest BCUT2D eigenvalue weighted by atomic mass is 9.81. The molecule has 10 aromatic rings. The van der Waals surface area contributed by atoms with E-state index >= 15 is 0 Å². The summed E-state index contributed by atoms with van der Waals surface area (Å²) in [5.74, 6) is 0. The highest BCUT2D eigenvalue weighted by Gasteiger charge is 2.38. The maximum Gasteiger partial charge on any atom is 0.0541 e. The number of hydrogen-bond donors (Lipinski definition) is 0. The lowest BCUT2D eigenvalue weighted by Gasteiger charge is -2.22. The molecule has 0 spiro atoms. The molecule has 0 amide bonds. The molecule has 0 bridgehead atoms. The van der Waals surface area contributed by atoms with Crippen LogP contribution in [0.1, 0.15) is 49.9 Å². The van der Waals surface area contributed by atoms with Crippen LogP contribution in [0.15, 0.2) is 164 Å². The van der Waals surface area contributed by atoms with Gasteiger partial charge in [-0.05, 0) is 110 Å². The highest BCUT2D eigenvalue weighted by Crippen LogP contribution is 2.55. The van der Waals surface area contributed by atoms with Crippen molar-refractivity contribution in [2.45, 2.75) is 38.5 Å². The molecule has 2 aromatic heterocycles.